The zero-order chi connectivity index (χ0) is 19.6. The van der Waals surface area contributed by atoms with Crippen molar-refractivity contribution in [3.05, 3.63) is 65.2 Å². The number of hydrogen-bond acceptors (Lipinski definition) is 6. The van der Waals surface area contributed by atoms with Gasteiger partial charge in [-0.05, 0) is 23.6 Å². The molecule has 2 aromatic rings. The van der Waals surface area contributed by atoms with E-state index in [1.165, 1.54) is 7.11 Å². The number of carbonyl (C=O) groups excluding carboxylic acids is 1. The van der Waals surface area contributed by atoms with Crippen molar-refractivity contribution in [2.24, 2.45) is 0 Å². The number of nitrogens with one attached hydrogen (secondary N) is 1. The lowest BCUT2D eigenvalue weighted by atomic mass is 10.00. The van der Waals surface area contributed by atoms with Crippen LogP contribution in [0.25, 0.3) is 0 Å². The van der Waals surface area contributed by atoms with Gasteiger partial charge in [-0.15, -0.1) is 0 Å². The molecule has 146 valence electrons. The van der Waals surface area contributed by atoms with E-state index in [1.807, 2.05) is 30.3 Å². The van der Waals surface area contributed by atoms with Crippen LogP contribution in [0, 0.1) is 0 Å². The first kappa shape index (κ1) is 20.7. The molecular formula is C20H25NO6. The summed E-state index contributed by atoms with van der Waals surface area (Å²) in [5.74, 6) is 0.434. The first-order valence-electron chi connectivity index (χ1n) is 8.63. The third kappa shape index (κ3) is 6.25. The summed E-state index contributed by atoms with van der Waals surface area (Å²) in [7, 11) is 1.46. The molecule has 27 heavy (non-hydrogen) atoms. The summed E-state index contributed by atoms with van der Waals surface area (Å²) < 4.78 is 10.2. The van der Waals surface area contributed by atoms with Crippen molar-refractivity contribution in [2.75, 3.05) is 13.7 Å². The number of methoxy groups -OCH3 is 1. The monoisotopic (exact) mass is 375 g/mol. The maximum Gasteiger partial charge on any atom is 0.407 e. The molecular weight excluding hydrogens is 350 g/mol. The molecule has 2 unspecified atom stereocenters. The molecule has 0 fully saturated rings. The number of rotatable bonds is 9. The molecule has 7 nitrogen and oxygen atoms in total. The average Bonchev–Trinajstić information content (AvgIpc) is 2.71. The summed E-state index contributed by atoms with van der Waals surface area (Å²) in [6, 6.07) is 14.1. The molecule has 7 heteroatoms. The number of aliphatic hydroxyl groups excluding tert-OH is 3. The maximum absolute atomic E-state index is 11.7. The Morgan fingerprint density at radius 3 is 2.56 bits per heavy atom. The molecule has 0 spiro atoms. The highest BCUT2D eigenvalue weighted by Gasteiger charge is 2.20. The van der Waals surface area contributed by atoms with Crippen LogP contribution in [0.2, 0.25) is 0 Å². The Hall–Kier alpha value is -2.61. The van der Waals surface area contributed by atoms with Crippen LogP contribution in [-0.2, 0) is 18.0 Å². The first-order chi connectivity index (χ1) is 13.0. The molecule has 0 bridgehead atoms. The van der Waals surface area contributed by atoms with Gasteiger partial charge >= 0.3 is 6.09 Å². The maximum atomic E-state index is 11.7. The van der Waals surface area contributed by atoms with Gasteiger partial charge in [-0.1, -0.05) is 42.5 Å². The molecule has 2 rings (SSSR count). The lowest BCUT2D eigenvalue weighted by Gasteiger charge is -2.19. The van der Waals surface area contributed by atoms with Gasteiger partial charge in [0.15, 0.2) is 0 Å². The van der Waals surface area contributed by atoms with Crippen molar-refractivity contribution in [2.45, 2.75) is 31.8 Å². The number of alkyl carbamates (subject to hydrolysis) is 1. The second kappa shape index (κ2) is 10.5. The van der Waals surface area contributed by atoms with E-state index >= 15 is 0 Å². The Balaban J connectivity index is 1.77. The number of ether oxygens (including phenoxy) is 2. The Morgan fingerprint density at radius 1 is 1.15 bits per heavy atom. The molecule has 0 aliphatic carbocycles. The van der Waals surface area contributed by atoms with Gasteiger partial charge in [-0.3, -0.25) is 0 Å². The van der Waals surface area contributed by atoms with Crippen molar-refractivity contribution in [3.63, 3.8) is 0 Å². The highest BCUT2D eigenvalue weighted by molar-refractivity contribution is 5.67. The Kier molecular flexibility index (Phi) is 8.06. The zero-order valence-corrected chi connectivity index (χ0v) is 15.2. The summed E-state index contributed by atoms with van der Waals surface area (Å²) in [4.78, 5) is 11.7. The number of carbonyl (C=O) groups is 1. The van der Waals surface area contributed by atoms with Gasteiger partial charge in [-0.25, -0.2) is 4.79 Å². The summed E-state index contributed by atoms with van der Waals surface area (Å²) in [5, 5.41) is 32.2. The van der Waals surface area contributed by atoms with Crippen LogP contribution < -0.4 is 10.1 Å². The van der Waals surface area contributed by atoms with Crippen LogP contribution in [0.3, 0.4) is 0 Å². The van der Waals surface area contributed by atoms with Crippen LogP contribution in [-0.4, -0.2) is 41.2 Å². The summed E-state index contributed by atoms with van der Waals surface area (Å²) in [6.45, 7) is 0.129. The number of amides is 1. The van der Waals surface area contributed by atoms with Gasteiger partial charge in [-0.2, -0.15) is 0 Å². The predicted octanol–water partition coefficient (Wildman–Crippen LogP) is 1.90. The molecule has 1 amide bonds. The molecule has 4 N–H and O–H groups in total. The first-order valence-corrected chi connectivity index (χ1v) is 8.63. The Labute approximate surface area is 158 Å². The minimum atomic E-state index is -1.14. The van der Waals surface area contributed by atoms with Crippen LogP contribution in [0.15, 0.2) is 48.5 Å². The van der Waals surface area contributed by atoms with Crippen molar-refractivity contribution in [1.82, 2.24) is 5.32 Å². The normalized spacial score (nSPS) is 12.9. The molecule has 0 aliphatic rings. The molecule has 0 saturated heterocycles. The van der Waals surface area contributed by atoms with Gasteiger partial charge in [0, 0.05) is 12.1 Å². The van der Waals surface area contributed by atoms with E-state index in [0.717, 1.165) is 5.56 Å². The number of hydrogen-bond donors (Lipinski definition) is 4. The second-order valence-corrected chi connectivity index (χ2v) is 6.02. The van der Waals surface area contributed by atoms with E-state index < -0.39 is 18.3 Å². The van der Waals surface area contributed by atoms with Gasteiger partial charge < -0.3 is 30.1 Å². The second-order valence-electron chi connectivity index (χ2n) is 6.02. The fourth-order valence-corrected chi connectivity index (χ4v) is 2.55. The zero-order valence-electron chi connectivity index (χ0n) is 15.2. The third-order valence-electron chi connectivity index (χ3n) is 4.11. The molecule has 0 radical (unpaired) electrons. The number of aliphatic hydroxyl groups is 3. The molecule has 0 saturated carbocycles. The highest BCUT2D eigenvalue weighted by atomic mass is 16.5. The Bertz CT molecular complexity index is 722. The Morgan fingerprint density at radius 2 is 1.89 bits per heavy atom. The van der Waals surface area contributed by atoms with Crippen LogP contribution >= 0.6 is 0 Å². The summed E-state index contributed by atoms with van der Waals surface area (Å²) in [6.07, 6.45) is -2.67. The molecule has 0 aromatic heterocycles. The van der Waals surface area contributed by atoms with E-state index in [1.54, 1.807) is 18.2 Å². The predicted molar refractivity (Wildman–Crippen MR) is 99.1 cm³/mol. The molecule has 2 atom stereocenters. The number of benzene rings is 2. The van der Waals surface area contributed by atoms with E-state index in [-0.39, 0.29) is 26.2 Å². The fourth-order valence-electron chi connectivity index (χ4n) is 2.55. The summed E-state index contributed by atoms with van der Waals surface area (Å²) >= 11 is 0. The lowest BCUT2D eigenvalue weighted by Crippen LogP contribution is -2.29. The molecule has 0 heterocycles. The quantitative estimate of drug-likeness (QED) is 0.533. The molecule has 2 aromatic carbocycles. The summed E-state index contributed by atoms with van der Waals surface area (Å²) in [5.41, 5.74) is 1.93. The van der Waals surface area contributed by atoms with Gasteiger partial charge in [0.2, 0.25) is 0 Å². The standard InChI is InChI=1S/C20H25NO6/c1-26-18-11-15(7-8-16(18)12-22)19(24)17(23)9-10-21-20(25)27-13-14-5-3-2-4-6-14/h2-8,11,17,19,22-24H,9-10,12-13H2,1H3,(H,21,25). The van der Waals surface area contributed by atoms with Crippen molar-refractivity contribution >= 4 is 6.09 Å². The minimum Gasteiger partial charge on any atom is -0.496 e. The van der Waals surface area contributed by atoms with Crippen LogP contribution in [0.1, 0.15) is 29.2 Å². The van der Waals surface area contributed by atoms with Crippen molar-refractivity contribution < 1.29 is 29.6 Å². The van der Waals surface area contributed by atoms with E-state index in [9.17, 15) is 20.1 Å². The van der Waals surface area contributed by atoms with Crippen LogP contribution in [0.5, 0.6) is 5.75 Å². The fraction of sp³-hybridized carbons (Fsp3) is 0.350. The largest absolute Gasteiger partial charge is 0.496 e. The van der Waals surface area contributed by atoms with Crippen molar-refractivity contribution in [1.29, 1.82) is 0 Å². The third-order valence-corrected chi connectivity index (χ3v) is 4.11. The van der Waals surface area contributed by atoms with E-state index in [4.69, 9.17) is 9.47 Å². The van der Waals surface area contributed by atoms with Crippen LogP contribution in [0.4, 0.5) is 4.79 Å². The highest BCUT2D eigenvalue weighted by Crippen LogP contribution is 2.26. The van der Waals surface area contributed by atoms with Gasteiger partial charge in [0.05, 0.1) is 19.8 Å². The smallest absolute Gasteiger partial charge is 0.407 e. The van der Waals surface area contributed by atoms with Gasteiger partial charge in [0.25, 0.3) is 0 Å². The lowest BCUT2D eigenvalue weighted by molar-refractivity contribution is 0.0135. The van der Waals surface area contributed by atoms with Crippen molar-refractivity contribution in [3.8, 4) is 5.75 Å². The van der Waals surface area contributed by atoms with Gasteiger partial charge in [0.1, 0.15) is 18.5 Å². The minimum absolute atomic E-state index is 0.145. The topological polar surface area (TPSA) is 108 Å². The average molecular weight is 375 g/mol. The van der Waals surface area contributed by atoms with E-state index in [0.29, 0.717) is 16.9 Å². The van der Waals surface area contributed by atoms with E-state index in [2.05, 4.69) is 5.32 Å². The molecule has 0 aliphatic heterocycles. The SMILES string of the molecule is COc1cc(C(O)C(O)CCNC(=O)OCc2ccccc2)ccc1CO.